The second-order valence-electron chi connectivity index (χ2n) is 29.3. The third-order valence-electron chi connectivity index (χ3n) is 18.8. The molecular weight excluding hydrogens is 1650 g/mol. The fourth-order valence-corrected chi connectivity index (χ4v) is 13.3. The molecule has 2 fully saturated rings. The average Bonchev–Trinajstić information content (AvgIpc) is 1.56. The molecule has 2 aliphatic heterocycles. The molecule has 0 radical (unpaired) electrons. The second-order valence-corrected chi connectivity index (χ2v) is 30.6. The third kappa shape index (κ3) is 44.2. The van der Waals surface area contributed by atoms with Crippen LogP contribution in [-0.4, -0.2) is 265 Å². The Balaban J connectivity index is 0.000000674. The van der Waals surface area contributed by atoms with Crippen LogP contribution in [0.1, 0.15) is 162 Å². The Kier molecular flexibility index (Phi) is 52.0. The fourth-order valence-electron chi connectivity index (χ4n) is 12.2. The number of primary amides is 1. The quantitative estimate of drug-likeness (QED) is 0.0149. The summed E-state index contributed by atoms with van der Waals surface area (Å²) in [7, 11) is 4.35. The second kappa shape index (κ2) is 60.3. The summed E-state index contributed by atoms with van der Waals surface area (Å²) in [5.41, 5.74) is 6.69. The number of anilines is 2. The van der Waals surface area contributed by atoms with E-state index in [1.54, 1.807) is 53.0 Å². The molecule has 0 saturated carbocycles. The van der Waals surface area contributed by atoms with E-state index in [-0.39, 0.29) is 232 Å². The van der Waals surface area contributed by atoms with E-state index in [4.69, 9.17) is 48.4 Å². The number of alkyl carbamates (subject to hydrolysis) is 2. The SMILES string of the molecule is CNC(=O)OCc1ccc(NC(=O)[C@H](CCCCNC(C)=O)CC(=O)[C@H](C)NC(C)=O)cc1OCCOCCNC(=O)CCN1C(=O)CC(C)C1=O.CNC(=O)OCc1ccc(NC(=O)[C@H](CCCNC(N)=O)CC(=O)[C@@H](NC(=O)COCCOCCOC)C(C)C)cc1OCC(=O)CCCCCC(=O)CCN1C(=O)CC(SC[C@H](NC(C)=O)OC=O)C1=O. The molecule has 0 bridgehead atoms. The van der Waals surface area contributed by atoms with E-state index in [0.29, 0.717) is 80.8 Å². The van der Waals surface area contributed by atoms with Crippen LogP contribution in [0.25, 0.3) is 0 Å². The van der Waals surface area contributed by atoms with Crippen LogP contribution in [-0.2, 0) is 123 Å². The molecule has 7 atom stereocenters. The lowest BCUT2D eigenvalue weighted by molar-refractivity contribution is -0.141. The van der Waals surface area contributed by atoms with Crippen LogP contribution >= 0.6 is 11.8 Å². The molecule has 0 spiro atoms. The van der Waals surface area contributed by atoms with Gasteiger partial charge >= 0.3 is 18.2 Å². The highest BCUT2D eigenvalue weighted by Crippen LogP contribution is 2.30. The summed E-state index contributed by atoms with van der Waals surface area (Å²) in [6.07, 6.45) is 0.975. The molecule has 41 nitrogen and oxygen atoms in total. The Bertz CT molecular complexity index is 3910. The lowest BCUT2D eigenvalue weighted by Crippen LogP contribution is -2.47. The Hall–Kier alpha value is -11.2. The Morgan fingerprint density at radius 2 is 1.10 bits per heavy atom. The summed E-state index contributed by atoms with van der Waals surface area (Å²) >= 11 is 1.06. The zero-order valence-corrected chi connectivity index (χ0v) is 73.1. The van der Waals surface area contributed by atoms with Gasteiger partial charge in [-0.15, -0.1) is 11.8 Å². The highest BCUT2D eigenvalue weighted by molar-refractivity contribution is 8.00. The van der Waals surface area contributed by atoms with E-state index in [1.807, 2.05) is 0 Å². The van der Waals surface area contributed by atoms with Crippen molar-refractivity contribution in [2.75, 3.05) is 130 Å². The first-order valence-corrected chi connectivity index (χ1v) is 42.0. The van der Waals surface area contributed by atoms with Gasteiger partial charge < -0.3 is 102 Å². The minimum atomic E-state index is -0.965. The van der Waals surface area contributed by atoms with Crippen molar-refractivity contribution in [3.05, 3.63) is 47.5 Å². The molecular formula is C82H123N13O28S. The Morgan fingerprint density at radius 1 is 0.548 bits per heavy atom. The molecule has 124 heavy (non-hydrogen) atoms. The van der Waals surface area contributed by atoms with Crippen molar-refractivity contribution in [3.8, 4) is 11.5 Å². The van der Waals surface area contributed by atoms with Crippen molar-refractivity contribution in [2.45, 2.75) is 188 Å². The smallest absolute Gasteiger partial charge is 0.407 e. The van der Waals surface area contributed by atoms with Gasteiger partial charge in [0.2, 0.25) is 65.0 Å². The normalized spacial score (nSPS) is 14.6. The number of rotatable bonds is 62. The molecule has 2 heterocycles. The number of nitrogens with zero attached hydrogens (tertiary/aromatic N) is 2. The number of urea groups is 1. The number of methoxy groups -OCH3 is 1. The maximum absolute atomic E-state index is 13.9. The van der Waals surface area contributed by atoms with Gasteiger partial charge in [0.05, 0.1) is 62.7 Å². The molecule has 2 aromatic carbocycles. The molecule has 2 aromatic rings. The van der Waals surface area contributed by atoms with Gasteiger partial charge in [-0.25, -0.2) is 14.4 Å². The van der Waals surface area contributed by atoms with E-state index in [2.05, 4.69) is 53.2 Å². The number of ketones is 4. The van der Waals surface area contributed by atoms with Gasteiger partial charge in [-0.3, -0.25) is 86.5 Å². The van der Waals surface area contributed by atoms with E-state index in [9.17, 15) is 91.1 Å². The topological polar surface area (TPSA) is 560 Å². The molecule has 0 aromatic heterocycles. The number of amides is 15. The number of imide groups is 2. The predicted octanol–water partition coefficient (Wildman–Crippen LogP) is 2.86. The van der Waals surface area contributed by atoms with E-state index in [0.717, 1.165) is 21.6 Å². The van der Waals surface area contributed by atoms with Gasteiger partial charge in [0.25, 0.3) is 6.47 Å². The minimum Gasteiger partial charge on any atom is -0.491 e. The van der Waals surface area contributed by atoms with Gasteiger partial charge in [0.1, 0.15) is 50.3 Å². The Morgan fingerprint density at radius 3 is 1.67 bits per heavy atom. The fraction of sp³-hybridized carbons (Fsp3) is 0.622. The predicted molar refractivity (Wildman–Crippen MR) is 448 cm³/mol. The number of hydrogen-bond donors (Lipinski definition) is 11. The lowest BCUT2D eigenvalue weighted by atomic mass is 9.89. The van der Waals surface area contributed by atoms with Gasteiger partial charge in [0.15, 0.2) is 23.6 Å². The monoisotopic (exact) mass is 1770 g/mol. The van der Waals surface area contributed by atoms with Crippen LogP contribution in [0.5, 0.6) is 11.5 Å². The lowest BCUT2D eigenvalue weighted by Gasteiger charge is -2.24. The maximum atomic E-state index is 13.9. The summed E-state index contributed by atoms with van der Waals surface area (Å²) in [6.45, 7) is 12.1. The molecule has 15 amide bonds. The summed E-state index contributed by atoms with van der Waals surface area (Å²) in [4.78, 5) is 235. The molecule has 2 unspecified atom stereocenters. The largest absolute Gasteiger partial charge is 0.491 e. The third-order valence-corrected chi connectivity index (χ3v) is 20.1. The average molecular weight is 1770 g/mol. The molecule has 690 valence electrons. The highest BCUT2D eigenvalue weighted by atomic mass is 32.2. The molecule has 2 aliphatic rings. The molecule has 2 saturated heterocycles. The number of carbonyl (C=O) groups excluding carboxylic acids is 19. The van der Waals surface area contributed by atoms with Gasteiger partial charge in [0, 0.05) is 178 Å². The van der Waals surface area contributed by atoms with Crippen LogP contribution in [0.2, 0.25) is 0 Å². The Labute approximate surface area is 725 Å². The van der Waals surface area contributed by atoms with Crippen molar-refractivity contribution in [1.82, 2.24) is 52.3 Å². The van der Waals surface area contributed by atoms with E-state index in [1.165, 1.54) is 53.1 Å². The number of ether oxygens (including phenoxy) is 9. The molecule has 42 heteroatoms. The number of Topliss-reactive ketones (excluding diaryl/α,β-unsaturated/α-hetero) is 4. The first kappa shape index (κ1) is 107. The van der Waals surface area contributed by atoms with Crippen LogP contribution in [0.4, 0.5) is 25.8 Å². The molecule has 0 aliphatic carbocycles. The number of benzene rings is 2. The first-order valence-electron chi connectivity index (χ1n) is 41.0. The number of likely N-dealkylation sites (tertiary alicyclic amines) is 2. The zero-order chi connectivity index (χ0) is 92.1. The van der Waals surface area contributed by atoms with Crippen LogP contribution in [0, 0.1) is 23.7 Å². The van der Waals surface area contributed by atoms with Crippen LogP contribution in [0.3, 0.4) is 0 Å². The number of nitrogens with two attached hydrogens (primary N) is 1. The van der Waals surface area contributed by atoms with Crippen molar-refractivity contribution >= 4 is 136 Å². The van der Waals surface area contributed by atoms with Gasteiger partial charge in [-0.2, -0.15) is 0 Å². The first-order chi connectivity index (χ1) is 59.1. The van der Waals surface area contributed by atoms with Crippen LogP contribution in [0.15, 0.2) is 36.4 Å². The standard InChI is InChI=1S/C47H71N7O17S.C35H52N6O11/c1-30(2)43(53-40(60)27-68-21-20-67-19-18-66-5)37(59)22-32(10-9-16-50-46(48)64)44(62)52-34-14-13-33(25-70-47(65)49-4)38(23-34)69-26-36(58)12-8-6-7-11-35(57)15-17-54-42(61)24-39(45(54)63)72-28-41(71-29-55)51-31(3)56;1-22-18-32(46)41(34(22)48)14-11-31(45)38-13-15-50-16-17-51-30-20-28(10-9-27(30)21-52-35(49)36-5)40-33(47)26(8-6-7-12-37-24(3)42)19-29(44)23(2)39-25(4)43/h13-14,23,29-30,32,39,41,43H,6-12,15-22,24-28H2,1-5H3,(H,49,65)(H,51,56)(H,52,62)(H,53,60)(H3,48,50,64);9-10,20,22-23,26H,6-8,11-19,21H2,1-5H3,(H,36,49)(H,37,42)(H,38,45)(H,39,43)(H,40,47)/t32-,39?,41-,43+;22?,23-,26+/m10/s1. The summed E-state index contributed by atoms with van der Waals surface area (Å²) in [5, 5.41) is 25.1. The summed E-state index contributed by atoms with van der Waals surface area (Å²) < 4.78 is 48.1. The van der Waals surface area contributed by atoms with Crippen molar-refractivity contribution in [2.24, 2.45) is 29.4 Å². The van der Waals surface area contributed by atoms with Gasteiger partial charge in [-0.05, 0) is 75.6 Å². The number of hydrogen-bond acceptors (Lipinski definition) is 29. The zero-order valence-electron chi connectivity index (χ0n) is 72.3. The van der Waals surface area contributed by atoms with Crippen molar-refractivity contribution in [3.63, 3.8) is 0 Å². The van der Waals surface area contributed by atoms with E-state index < -0.39 is 94.8 Å². The highest BCUT2D eigenvalue weighted by Gasteiger charge is 2.40. The van der Waals surface area contributed by atoms with Crippen molar-refractivity contribution < 1.29 is 134 Å². The number of carbonyl (C=O) groups is 19. The molecule has 4 rings (SSSR count). The maximum Gasteiger partial charge on any atom is 0.407 e. The summed E-state index contributed by atoms with van der Waals surface area (Å²) in [5.74, 6) is -7.21. The number of nitrogens with one attached hydrogen (secondary N) is 10. The number of unbranched alkanes of at least 4 members (excludes halogenated alkanes) is 3. The van der Waals surface area contributed by atoms with E-state index >= 15 is 0 Å². The van der Waals surface area contributed by atoms with Crippen LogP contribution < -0.4 is 68.4 Å². The minimum absolute atomic E-state index is 0.00700. The molecule has 12 N–H and O–H groups in total. The number of thioether (sulfide) groups is 1. The van der Waals surface area contributed by atoms with Gasteiger partial charge in [-0.1, -0.05) is 33.6 Å². The summed E-state index contributed by atoms with van der Waals surface area (Å²) in [6, 6.07) is 6.84. The van der Waals surface area contributed by atoms with Crippen molar-refractivity contribution in [1.29, 1.82) is 0 Å².